The number of amides is 1. The zero-order valence-corrected chi connectivity index (χ0v) is 16.3. The molecule has 2 aromatic rings. The molecule has 0 aliphatic carbocycles. The third kappa shape index (κ3) is 6.71. The van der Waals surface area contributed by atoms with E-state index in [2.05, 4.69) is 36.0 Å². The van der Waals surface area contributed by atoms with Gasteiger partial charge in [-0.25, -0.2) is 4.98 Å². The van der Waals surface area contributed by atoms with Crippen LogP contribution in [0.5, 0.6) is 5.75 Å². The van der Waals surface area contributed by atoms with Crippen molar-refractivity contribution in [2.75, 3.05) is 30.3 Å². The molecule has 1 aliphatic rings. The minimum absolute atomic E-state index is 0.0488. The molecule has 0 unspecified atom stereocenters. The van der Waals surface area contributed by atoms with E-state index in [0.29, 0.717) is 6.54 Å². The smallest absolute Gasteiger partial charge is 0.405 e. The number of halogens is 3. The first-order valence-corrected chi connectivity index (χ1v) is 9.42. The van der Waals surface area contributed by atoms with E-state index >= 15 is 0 Å². The first-order chi connectivity index (χ1) is 14.8. The summed E-state index contributed by atoms with van der Waals surface area (Å²) in [5, 5.41) is 20.8. The highest BCUT2D eigenvalue weighted by Gasteiger charge is 2.32. The second kappa shape index (κ2) is 9.94. The summed E-state index contributed by atoms with van der Waals surface area (Å²) >= 11 is 0. The molecule has 0 saturated carbocycles. The summed E-state index contributed by atoms with van der Waals surface area (Å²) in [5.74, 6) is -0.375. The van der Waals surface area contributed by atoms with Crippen molar-refractivity contribution in [3.63, 3.8) is 0 Å². The first kappa shape index (κ1) is 22.1. The molecule has 1 saturated heterocycles. The average Bonchev–Trinajstić information content (AvgIpc) is 3.23. The molecular formula is C19H20F3N7O2. The summed E-state index contributed by atoms with van der Waals surface area (Å²) in [7, 11) is 0. The lowest BCUT2D eigenvalue weighted by Crippen LogP contribution is -2.39. The lowest BCUT2D eigenvalue weighted by molar-refractivity contribution is -0.274. The summed E-state index contributed by atoms with van der Waals surface area (Å²) in [5.41, 5.74) is 0.369. The number of hydrogen-bond donors (Lipinski definition) is 4. The second-order valence-electron chi connectivity index (χ2n) is 6.69. The number of carbonyl (C=O) groups excluding carboxylic acids is 1. The Hall–Kier alpha value is -3.59. The molecule has 164 valence electrons. The van der Waals surface area contributed by atoms with Crippen LogP contribution in [0.1, 0.15) is 17.5 Å². The summed E-state index contributed by atoms with van der Waals surface area (Å²) in [4.78, 5) is 20.2. The Bertz CT molecular complexity index is 956. The Morgan fingerprint density at radius 2 is 2.13 bits per heavy atom. The van der Waals surface area contributed by atoms with Gasteiger partial charge in [0.1, 0.15) is 23.2 Å². The summed E-state index contributed by atoms with van der Waals surface area (Å²) in [6.45, 7) is 1.40. The Morgan fingerprint density at radius 1 is 1.32 bits per heavy atom. The molecule has 1 amide bonds. The van der Waals surface area contributed by atoms with Crippen LogP contribution in [0.3, 0.4) is 0 Å². The van der Waals surface area contributed by atoms with Crippen LogP contribution in [0, 0.1) is 11.3 Å². The molecule has 4 N–H and O–H groups in total. The van der Waals surface area contributed by atoms with Gasteiger partial charge in [0.25, 0.3) is 0 Å². The lowest BCUT2D eigenvalue weighted by Gasteiger charge is -2.14. The molecule has 0 spiro atoms. The fourth-order valence-electron chi connectivity index (χ4n) is 2.95. The molecule has 12 heteroatoms. The standard InChI is InChI=1S/C19H20F3N7O2/c20-19(21,22)31-15-4-2-1-3-12(15)8-26-18-27-9-13(7-23)17(29-18)25-11-16(30)28-14-5-6-24-10-14/h1-4,9,14,24H,5-6,8,10-11H2,(H,28,30)(H2,25,26,27,29)/t14-/m1/s1. The van der Waals surface area contributed by atoms with Gasteiger partial charge < -0.3 is 26.0 Å². The van der Waals surface area contributed by atoms with Crippen molar-refractivity contribution in [1.82, 2.24) is 20.6 Å². The lowest BCUT2D eigenvalue weighted by atomic mass is 10.2. The van der Waals surface area contributed by atoms with Gasteiger partial charge in [-0.15, -0.1) is 13.2 Å². The summed E-state index contributed by atoms with van der Waals surface area (Å²) in [6.07, 6.45) is -2.71. The summed E-state index contributed by atoms with van der Waals surface area (Å²) in [6, 6.07) is 7.67. The number of hydrogen-bond acceptors (Lipinski definition) is 8. The third-order valence-corrected chi connectivity index (χ3v) is 4.39. The zero-order chi connectivity index (χ0) is 22.3. The van der Waals surface area contributed by atoms with Crippen molar-refractivity contribution in [2.24, 2.45) is 0 Å². The number of para-hydroxylation sites is 1. The van der Waals surface area contributed by atoms with E-state index in [4.69, 9.17) is 0 Å². The Kier molecular flexibility index (Phi) is 7.09. The fourth-order valence-corrected chi connectivity index (χ4v) is 2.95. The number of rotatable bonds is 8. The molecule has 1 fully saturated rings. The van der Waals surface area contributed by atoms with Crippen LogP contribution in [0.2, 0.25) is 0 Å². The van der Waals surface area contributed by atoms with Crippen LogP contribution in [-0.4, -0.2) is 47.9 Å². The highest BCUT2D eigenvalue weighted by molar-refractivity contribution is 5.81. The van der Waals surface area contributed by atoms with Crippen LogP contribution < -0.4 is 26.0 Å². The number of carbonyl (C=O) groups is 1. The Morgan fingerprint density at radius 3 is 2.84 bits per heavy atom. The van der Waals surface area contributed by atoms with Gasteiger partial charge in [0, 0.05) is 24.7 Å². The van der Waals surface area contributed by atoms with E-state index in [1.165, 1.54) is 24.4 Å². The molecular weight excluding hydrogens is 415 g/mol. The van der Waals surface area contributed by atoms with Gasteiger partial charge in [-0.2, -0.15) is 10.2 Å². The Labute approximate surface area is 176 Å². The average molecular weight is 435 g/mol. The highest BCUT2D eigenvalue weighted by atomic mass is 19.4. The van der Waals surface area contributed by atoms with Crippen LogP contribution in [0.4, 0.5) is 24.9 Å². The van der Waals surface area contributed by atoms with Gasteiger partial charge in [-0.1, -0.05) is 18.2 Å². The van der Waals surface area contributed by atoms with E-state index in [1.54, 1.807) is 6.07 Å². The predicted molar refractivity (Wildman–Crippen MR) is 105 cm³/mol. The number of nitriles is 1. The fraction of sp³-hybridized carbons (Fsp3) is 0.368. The van der Waals surface area contributed by atoms with Gasteiger partial charge in [0.15, 0.2) is 0 Å². The number of benzene rings is 1. The minimum Gasteiger partial charge on any atom is -0.405 e. The molecule has 31 heavy (non-hydrogen) atoms. The van der Waals surface area contributed by atoms with E-state index in [0.717, 1.165) is 13.0 Å². The van der Waals surface area contributed by atoms with Gasteiger partial charge >= 0.3 is 6.36 Å². The zero-order valence-electron chi connectivity index (χ0n) is 16.3. The largest absolute Gasteiger partial charge is 0.573 e. The predicted octanol–water partition coefficient (Wildman–Crippen LogP) is 1.75. The van der Waals surface area contributed by atoms with Crippen molar-refractivity contribution in [3.05, 3.63) is 41.6 Å². The van der Waals surface area contributed by atoms with Crippen molar-refractivity contribution >= 4 is 17.7 Å². The van der Waals surface area contributed by atoms with E-state index < -0.39 is 6.36 Å². The van der Waals surface area contributed by atoms with Crippen LogP contribution in [0.25, 0.3) is 0 Å². The number of alkyl halides is 3. The van der Waals surface area contributed by atoms with Crippen molar-refractivity contribution in [2.45, 2.75) is 25.4 Å². The third-order valence-electron chi connectivity index (χ3n) is 4.39. The Balaban J connectivity index is 1.63. The van der Waals surface area contributed by atoms with E-state index in [1.807, 2.05) is 6.07 Å². The molecule has 1 aromatic heterocycles. The maximum atomic E-state index is 12.6. The number of ether oxygens (including phenoxy) is 1. The first-order valence-electron chi connectivity index (χ1n) is 9.42. The summed E-state index contributed by atoms with van der Waals surface area (Å²) < 4.78 is 41.7. The molecule has 1 atom stereocenters. The van der Waals surface area contributed by atoms with E-state index in [-0.39, 0.29) is 53.7 Å². The van der Waals surface area contributed by atoms with E-state index in [9.17, 15) is 23.2 Å². The number of nitrogens with zero attached hydrogens (tertiary/aromatic N) is 3. The van der Waals surface area contributed by atoms with Crippen molar-refractivity contribution in [3.8, 4) is 11.8 Å². The monoisotopic (exact) mass is 435 g/mol. The number of aromatic nitrogens is 2. The maximum absolute atomic E-state index is 12.6. The maximum Gasteiger partial charge on any atom is 0.573 e. The second-order valence-corrected chi connectivity index (χ2v) is 6.69. The SMILES string of the molecule is N#Cc1cnc(NCc2ccccc2OC(F)(F)F)nc1NCC(=O)N[C@@H]1CCNC1. The molecule has 3 rings (SSSR count). The van der Waals surface area contributed by atoms with Crippen molar-refractivity contribution in [1.29, 1.82) is 5.26 Å². The van der Waals surface area contributed by atoms with Crippen LogP contribution >= 0.6 is 0 Å². The normalized spacial score (nSPS) is 15.7. The highest BCUT2D eigenvalue weighted by Crippen LogP contribution is 2.26. The molecule has 1 aromatic carbocycles. The van der Waals surface area contributed by atoms with Crippen LogP contribution in [-0.2, 0) is 11.3 Å². The molecule has 2 heterocycles. The molecule has 9 nitrogen and oxygen atoms in total. The van der Waals surface area contributed by atoms with Gasteiger partial charge in [-0.05, 0) is 19.0 Å². The molecule has 0 bridgehead atoms. The minimum atomic E-state index is -4.81. The van der Waals surface area contributed by atoms with Gasteiger partial charge in [0.2, 0.25) is 11.9 Å². The number of anilines is 2. The topological polar surface area (TPSA) is 124 Å². The quantitative estimate of drug-likeness (QED) is 0.495. The number of nitrogens with one attached hydrogen (secondary N) is 4. The van der Waals surface area contributed by atoms with Gasteiger partial charge in [0.05, 0.1) is 12.7 Å². The van der Waals surface area contributed by atoms with Crippen molar-refractivity contribution < 1.29 is 22.7 Å². The van der Waals surface area contributed by atoms with Gasteiger partial charge in [-0.3, -0.25) is 4.79 Å². The van der Waals surface area contributed by atoms with Crippen LogP contribution in [0.15, 0.2) is 30.5 Å². The molecule has 0 radical (unpaired) electrons. The molecule has 1 aliphatic heterocycles.